The van der Waals surface area contributed by atoms with Crippen molar-refractivity contribution in [2.45, 2.75) is 30.1 Å². The Labute approximate surface area is 205 Å². The molecule has 1 fully saturated rings. The van der Waals surface area contributed by atoms with Crippen LogP contribution in [0.3, 0.4) is 0 Å². The molecular weight excluding hydrogens is 448 g/mol. The molecule has 2 N–H and O–H groups in total. The van der Waals surface area contributed by atoms with Crippen LogP contribution in [0.2, 0.25) is 0 Å². The van der Waals surface area contributed by atoms with Crippen LogP contribution in [-0.2, 0) is 16.1 Å². The van der Waals surface area contributed by atoms with Gasteiger partial charge in [0.05, 0.1) is 13.2 Å². The quantitative estimate of drug-likeness (QED) is 0.253. The maximum Gasteiger partial charge on any atom is 0.253 e. The molecule has 0 unspecified atom stereocenters. The summed E-state index contributed by atoms with van der Waals surface area (Å²) in [6, 6.07) is 14.5. The number of aliphatic hydroxyl groups excluding tert-OH is 1. The van der Waals surface area contributed by atoms with Crippen LogP contribution in [0.1, 0.15) is 18.4 Å². The van der Waals surface area contributed by atoms with Crippen molar-refractivity contribution in [3.05, 3.63) is 85.0 Å². The van der Waals surface area contributed by atoms with E-state index in [9.17, 15) is 4.79 Å². The molecule has 0 radical (unpaired) electrons. The normalized spacial score (nSPS) is 17.1. The highest BCUT2D eigenvalue weighted by Crippen LogP contribution is 2.39. The molecule has 2 aromatic rings. The van der Waals surface area contributed by atoms with Crippen molar-refractivity contribution in [3.63, 3.8) is 0 Å². The van der Waals surface area contributed by atoms with Gasteiger partial charge in [-0.1, -0.05) is 49.6 Å². The standard InChI is InChI=1S/C27H30N2O4S/c1-3-5-20(4-2)26(31)29-15-12-27(13-16-29)32-19-23-18-22(8-11-25(23)33-27)21-6-9-24(10-7-21)34-28-14-17-30/h3-11,18,28,30H,1-2,12-17,19H2/b20-5+. The largest absolute Gasteiger partial charge is 0.462 e. The Morgan fingerprint density at radius 1 is 1.15 bits per heavy atom. The van der Waals surface area contributed by atoms with E-state index >= 15 is 0 Å². The minimum absolute atomic E-state index is 0.0424. The summed E-state index contributed by atoms with van der Waals surface area (Å²) < 4.78 is 15.7. The number of nitrogens with one attached hydrogen (secondary N) is 1. The van der Waals surface area contributed by atoms with Crippen molar-refractivity contribution in [1.29, 1.82) is 0 Å². The lowest BCUT2D eigenvalue weighted by molar-refractivity contribution is -0.227. The molecule has 1 spiro atoms. The first-order valence-corrected chi connectivity index (χ1v) is 12.2. The fourth-order valence-corrected chi connectivity index (χ4v) is 4.77. The second-order valence-corrected chi connectivity index (χ2v) is 9.19. The summed E-state index contributed by atoms with van der Waals surface area (Å²) in [5.74, 6) is 0.107. The van der Waals surface area contributed by atoms with E-state index < -0.39 is 5.79 Å². The summed E-state index contributed by atoms with van der Waals surface area (Å²) in [4.78, 5) is 15.6. The Kier molecular flexibility index (Phi) is 7.90. The Balaban J connectivity index is 1.39. The Morgan fingerprint density at radius 2 is 1.88 bits per heavy atom. The number of nitrogens with zero attached hydrogens (tertiary/aromatic N) is 1. The van der Waals surface area contributed by atoms with Gasteiger partial charge in [-0.05, 0) is 47.3 Å². The van der Waals surface area contributed by atoms with Gasteiger partial charge in [-0.15, -0.1) is 0 Å². The maximum atomic E-state index is 12.7. The molecule has 0 saturated carbocycles. The van der Waals surface area contributed by atoms with Crippen molar-refractivity contribution in [2.24, 2.45) is 0 Å². The number of amides is 1. The first kappa shape index (κ1) is 24.3. The average Bonchev–Trinajstić information content (AvgIpc) is 2.88. The SMILES string of the molecule is C=C/C=C(\C=C)C(=O)N1CCC2(CC1)OCc1cc(-c3ccc(SNCCO)cc3)ccc1O2. The molecule has 6 nitrogen and oxygen atoms in total. The zero-order valence-corrected chi connectivity index (χ0v) is 20.0. The fourth-order valence-electron chi connectivity index (χ4n) is 4.14. The highest BCUT2D eigenvalue weighted by Gasteiger charge is 2.42. The highest BCUT2D eigenvalue weighted by atomic mass is 32.2. The molecule has 1 amide bonds. The van der Waals surface area contributed by atoms with E-state index in [1.54, 1.807) is 18.2 Å². The van der Waals surface area contributed by atoms with Gasteiger partial charge in [-0.25, -0.2) is 0 Å². The minimum atomic E-state index is -0.692. The summed E-state index contributed by atoms with van der Waals surface area (Å²) in [6.45, 7) is 9.66. The third-order valence-electron chi connectivity index (χ3n) is 6.02. The maximum absolute atomic E-state index is 12.7. The van der Waals surface area contributed by atoms with Crippen LogP contribution in [0, 0.1) is 0 Å². The number of piperidine rings is 1. The van der Waals surface area contributed by atoms with Crippen LogP contribution in [0.15, 0.2) is 84.3 Å². The van der Waals surface area contributed by atoms with Gasteiger partial charge in [-0.3, -0.25) is 9.52 Å². The van der Waals surface area contributed by atoms with Gasteiger partial charge in [0.25, 0.3) is 5.91 Å². The molecule has 0 atom stereocenters. The molecule has 0 aliphatic carbocycles. The number of likely N-dealkylation sites (tertiary alicyclic amines) is 1. The first-order valence-electron chi connectivity index (χ1n) is 11.4. The number of benzene rings is 2. The van der Waals surface area contributed by atoms with Crippen molar-refractivity contribution in [1.82, 2.24) is 9.62 Å². The third kappa shape index (κ3) is 5.45. The zero-order chi connectivity index (χ0) is 24.0. The summed E-state index contributed by atoms with van der Waals surface area (Å²) in [5, 5.41) is 8.88. The number of rotatable bonds is 8. The molecule has 7 heteroatoms. The van der Waals surface area contributed by atoms with Gasteiger partial charge in [0.15, 0.2) is 0 Å². The van der Waals surface area contributed by atoms with Crippen LogP contribution in [-0.4, -0.2) is 47.9 Å². The molecule has 2 aliphatic rings. The third-order valence-corrected chi connectivity index (χ3v) is 6.87. The molecule has 4 rings (SSSR count). The van der Waals surface area contributed by atoms with Crippen LogP contribution in [0.25, 0.3) is 11.1 Å². The molecule has 178 valence electrons. The summed E-state index contributed by atoms with van der Waals surface area (Å²) in [7, 11) is 0. The van der Waals surface area contributed by atoms with E-state index in [4.69, 9.17) is 14.6 Å². The van der Waals surface area contributed by atoms with Crippen LogP contribution < -0.4 is 9.46 Å². The molecule has 0 bridgehead atoms. The lowest BCUT2D eigenvalue weighted by Crippen LogP contribution is -2.52. The van der Waals surface area contributed by atoms with Crippen molar-refractivity contribution < 1.29 is 19.4 Å². The van der Waals surface area contributed by atoms with E-state index in [1.807, 2.05) is 11.0 Å². The summed E-state index contributed by atoms with van der Waals surface area (Å²) in [5.41, 5.74) is 3.79. The predicted molar refractivity (Wildman–Crippen MR) is 135 cm³/mol. The van der Waals surface area contributed by atoms with E-state index in [0.717, 1.165) is 27.3 Å². The monoisotopic (exact) mass is 478 g/mol. The van der Waals surface area contributed by atoms with Crippen LogP contribution in [0.5, 0.6) is 5.75 Å². The number of aliphatic hydroxyl groups is 1. The number of carbonyl (C=O) groups is 1. The van der Waals surface area contributed by atoms with Gasteiger partial charge < -0.3 is 19.5 Å². The lowest BCUT2D eigenvalue weighted by Gasteiger charge is -2.44. The number of allylic oxidation sites excluding steroid dienone is 2. The van der Waals surface area contributed by atoms with Gasteiger partial charge in [0.2, 0.25) is 5.79 Å². The van der Waals surface area contributed by atoms with Gasteiger partial charge in [0.1, 0.15) is 5.75 Å². The lowest BCUT2D eigenvalue weighted by atomic mass is 9.98. The number of hydrogen-bond acceptors (Lipinski definition) is 6. The molecule has 2 heterocycles. The Morgan fingerprint density at radius 3 is 2.56 bits per heavy atom. The van der Waals surface area contributed by atoms with Crippen LogP contribution in [0.4, 0.5) is 0 Å². The Bertz CT molecular complexity index is 1070. The topological polar surface area (TPSA) is 71.0 Å². The molecule has 1 saturated heterocycles. The summed E-state index contributed by atoms with van der Waals surface area (Å²) >= 11 is 1.50. The highest BCUT2D eigenvalue weighted by molar-refractivity contribution is 7.97. The van der Waals surface area contributed by atoms with E-state index in [-0.39, 0.29) is 12.5 Å². The molecule has 0 aromatic heterocycles. The molecular formula is C27H30N2O4S. The first-order chi connectivity index (χ1) is 16.6. The van der Waals surface area contributed by atoms with Gasteiger partial charge in [0, 0.05) is 48.5 Å². The van der Waals surface area contributed by atoms with E-state index in [2.05, 4.69) is 54.3 Å². The minimum Gasteiger partial charge on any atom is -0.462 e. The smallest absolute Gasteiger partial charge is 0.253 e. The number of ether oxygens (including phenoxy) is 2. The van der Waals surface area contributed by atoms with Crippen molar-refractivity contribution in [2.75, 3.05) is 26.2 Å². The van der Waals surface area contributed by atoms with E-state index in [0.29, 0.717) is 44.7 Å². The Hall–Kier alpha value is -2.84. The number of fused-ring (bicyclic) bond motifs is 1. The zero-order valence-electron chi connectivity index (χ0n) is 19.2. The predicted octanol–water partition coefficient (Wildman–Crippen LogP) is 4.47. The number of hydrogen-bond donors (Lipinski definition) is 2. The second kappa shape index (κ2) is 11.1. The molecule has 2 aromatic carbocycles. The summed E-state index contributed by atoms with van der Waals surface area (Å²) in [6.07, 6.45) is 6.07. The fraction of sp³-hybridized carbons (Fsp3) is 0.296. The molecule has 2 aliphatic heterocycles. The average molecular weight is 479 g/mol. The van der Waals surface area contributed by atoms with Crippen LogP contribution >= 0.6 is 11.9 Å². The van der Waals surface area contributed by atoms with Gasteiger partial charge in [-0.2, -0.15) is 0 Å². The van der Waals surface area contributed by atoms with Crippen molar-refractivity contribution >= 4 is 17.9 Å². The van der Waals surface area contributed by atoms with E-state index in [1.165, 1.54) is 11.9 Å². The molecule has 34 heavy (non-hydrogen) atoms. The van der Waals surface area contributed by atoms with Gasteiger partial charge >= 0.3 is 0 Å². The number of carbonyl (C=O) groups excluding carboxylic acids is 1. The van der Waals surface area contributed by atoms with Crippen molar-refractivity contribution in [3.8, 4) is 16.9 Å². The second-order valence-electron chi connectivity index (χ2n) is 8.22.